The molecule has 2 aliphatic heterocycles. The third-order valence-corrected chi connectivity index (χ3v) is 10.3. The molecule has 4 heterocycles. The second kappa shape index (κ2) is 8.36. The maximum Gasteiger partial charge on any atom is 0.277 e. The number of thioether (sulfide) groups is 1. The minimum absolute atomic E-state index is 0.00489. The minimum atomic E-state index is -3.02. The first-order chi connectivity index (χ1) is 14.5. The van der Waals surface area contributed by atoms with Gasteiger partial charge in [-0.3, -0.25) is 4.79 Å². The van der Waals surface area contributed by atoms with Crippen molar-refractivity contribution >= 4 is 37.2 Å². The lowest BCUT2D eigenvalue weighted by molar-refractivity contribution is 0.102. The van der Waals surface area contributed by atoms with Gasteiger partial charge in [0, 0.05) is 29.4 Å². The second-order valence-corrected chi connectivity index (χ2v) is 13.7. The summed E-state index contributed by atoms with van der Waals surface area (Å²) in [6, 6.07) is 1.68. The topological polar surface area (TPSA) is 129 Å². The Hall–Kier alpha value is -1.66. The van der Waals surface area contributed by atoms with E-state index in [-0.39, 0.29) is 51.7 Å². The Kier molecular flexibility index (Phi) is 6.08. The fraction of sp³-hybridized carbons (Fsp3) is 0.632. The molecule has 2 fully saturated rings. The summed E-state index contributed by atoms with van der Waals surface area (Å²) < 4.78 is 54.4. The molecule has 0 amide bonds. The van der Waals surface area contributed by atoms with E-state index in [1.54, 1.807) is 0 Å². The number of hydrogen-bond acceptors (Lipinski definition) is 9. The molecular weight excluding hydrogens is 462 g/mol. The van der Waals surface area contributed by atoms with Crippen LogP contribution in [0.2, 0.25) is 0 Å². The third kappa shape index (κ3) is 5.06. The number of hydrogen-bond donors (Lipinski definition) is 0. The Balaban J connectivity index is 1.38. The van der Waals surface area contributed by atoms with Crippen molar-refractivity contribution in [3.63, 3.8) is 0 Å². The molecule has 0 aromatic carbocycles. The maximum absolute atomic E-state index is 12.8. The second-order valence-electron chi connectivity index (χ2n) is 8.36. The average molecular weight is 488 g/mol. The predicted molar refractivity (Wildman–Crippen MR) is 116 cm³/mol. The fourth-order valence-corrected chi connectivity index (χ4v) is 8.69. The highest BCUT2D eigenvalue weighted by Crippen LogP contribution is 2.30. The van der Waals surface area contributed by atoms with Gasteiger partial charge in [0.25, 0.3) is 5.22 Å². The van der Waals surface area contributed by atoms with Gasteiger partial charge in [-0.05, 0) is 38.7 Å². The smallest absolute Gasteiger partial charge is 0.277 e. The lowest BCUT2D eigenvalue weighted by Crippen LogP contribution is -2.14. The van der Waals surface area contributed by atoms with E-state index in [9.17, 15) is 21.6 Å². The molecule has 2 saturated heterocycles. The van der Waals surface area contributed by atoms with Crippen LogP contribution in [0.15, 0.2) is 15.7 Å². The van der Waals surface area contributed by atoms with Crippen LogP contribution < -0.4 is 0 Å². The molecule has 4 rings (SSSR count). The van der Waals surface area contributed by atoms with Crippen molar-refractivity contribution in [2.24, 2.45) is 5.92 Å². The van der Waals surface area contributed by atoms with E-state index in [4.69, 9.17) is 4.42 Å². The minimum Gasteiger partial charge on any atom is -0.416 e. The fourth-order valence-electron chi connectivity index (χ4n) is 4.46. The van der Waals surface area contributed by atoms with Crippen LogP contribution in [0, 0.1) is 19.8 Å². The number of sulfone groups is 2. The van der Waals surface area contributed by atoms with Crippen LogP contribution in [-0.2, 0) is 26.1 Å². The molecule has 0 N–H and O–H groups in total. The molecule has 0 aliphatic carbocycles. The van der Waals surface area contributed by atoms with Crippen molar-refractivity contribution in [3.05, 3.63) is 28.9 Å². The molecule has 2 atom stereocenters. The monoisotopic (exact) mass is 487 g/mol. The van der Waals surface area contributed by atoms with E-state index in [1.807, 2.05) is 24.5 Å². The summed E-state index contributed by atoms with van der Waals surface area (Å²) in [6.07, 6.45) is 1.59. The van der Waals surface area contributed by atoms with Crippen molar-refractivity contribution in [1.29, 1.82) is 0 Å². The Morgan fingerprint density at radius 1 is 1.13 bits per heavy atom. The van der Waals surface area contributed by atoms with Gasteiger partial charge in [-0.2, -0.15) is 0 Å². The molecule has 0 bridgehead atoms. The Labute approximate surface area is 185 Å². The lowest BCUT2D eigenvalue weighted by atomic mass is 10.1. The summed E-state index contributed by atoms with van der Waals surface area (Å²) in [5.74, 6) is 1.05. The van der Waals surface area contributed by atoms with E-state index in [0.717, 1.165) is 23.1 Å². The van der Waals surface area contributed by atoms with Gasteiger partial charge in [0.05, 0.1) is 28.8 Å². The average Bonchev–Trinajstić information content (AvgIpc) is 3.41. The number of ketones is 1. The molecule has 0 spiro atoms. The van der Waals surface area contributed by atoms with Crippen LogP contribution in [-0.4, -0.2) is 66.1 Å². The summed E-state index contributed by atoms with van der Waals surface area (Å²) in [5.41, 5.74) is 2.23. The molecular formula is C19H25N3O6S3. The van der Waals surface area contributed by atoms with Gasteiger partial charge in [0.2, 0.25) is 5.89 Å². The molecule has 9 nitrogen and oxygen atoms in total. The first kappa shape index (κ1) is 22.5. The van der Waals surface area contributed by atoms with E-state index in [0.29, 0.717) is 30.7 Å². The Morgan fingerprint density at radius 3 is 2.48 bits per heavy atom. The van der Waals surface area contributed by atoms with Crippen molar-refractivity contribution in [1.82, 2.24) is 14.8 Å². The van der Waals surface area contributed by atoms with Crippen LogP contribution in [0.1, 0.15) is 46.5 Å². The van der Waals surface area contributed by atoms with Crippen LogP contribution >= 0.6 is 11.8 Å². The van der Waals surface area contributed by atoms with Crippen molar-refractivity contribution in [3.8, 4) is 0 Å². The van der Waals surface area contributed by atoms with Crippen LogP contribution in [0.5, 0.6) is 0 Å². The first-order valence-corrected chi connectivity index (χ1v) is 14.7. The van der Waals surface area contributed by atoms with Gasteiger partial charge in [-0.15, -0.1) is 10.2 Å². The largest absolute Gasteiger partial charge is 0.416 e. The zero-order valence-corrected chi connectivity index (χ0v) is 19.9. The quantitative estimate of drug-likeness (QED) is 0.424. The summed E-state index contributed by atoms with van der Waals surface area (Å²) >= 11 is 1.14. The number of aryl methyl sites for hydroxylation is 1. The van der Waals surface area contributed by atoms with Gasteiger partial charge in [-0.1, -0.05) is 11.8 Å². The third-order valence-electron chi connectivity index (χ3n) is 5.92. The molecule has 12 heteroatoms. The first-order valence-electron chi connectivity index (χ1n) is 10.1. The number of aromatic nitrogens is 3. The van der Waals surface area contributed by atoms with E-state index in [2.05, 4.69) is 10.2 Å². The van der Waals surface area contributed by atoms with Gasteiger partial charge in [0.15, 0.2) is 25.5 Å². The highest BCUT2D eigenvalue weighted by Gasteiger charge is 2.32. The van der Waals surface area contributed by atoms with Crippen molar-refractivity contribution in [2.75, 3.05) is 28.8 Å². The number of rotatable bonds is 7. The van der Waals surface area contributed by atoms with Crippen LogP contribution in [0.3, 0.4) is 0 Å². The van der Waals surface area contributed by atoms with Gasteiger partial charge >= 0.3 is 0 Å². The Morgan fingerprint density at radius 2 is 1.84 bits per heavy atom. The number of carbonyl (C=O) groups is 1. The molecule has 0 unspecified atom stereocenters. The summed E-state index contributed by atoms with van der Waals surface area (Å²) in [7, 11) is -5.97. The van der Waals surface area contributed by atoms with E-state index < -0.39 is 19.7 Å². The normalized spacial score (nSPS) is 24.6. The van der Waals surface area contributed by atoms with Crippen LogP contribution in [0.25, 0.3) is 0 Å². The molecule has 170 valence electrons. The number of nitrogens with zero attached hydrogens (tertiary/aromatic N) is 3. The molecule has 2 aliphatic rings. The van der Waals surface area contributed by atoms with Crippen molar-refractivity contribution in [2.45, 2.75) is 44.4 Å². The highest BCUT2D eigenvalue weighted by molar-refractivity contribution is 7.99. The standard InChI is InChI=1S/C19H25N3O6S3/c1-12-7-16(13(2)22(12)15-4-6-31(26,27)11-15)17(23)9-29-19-21-20-18(28-19)8-14-3-5-30(24,25)10-14/h7,14-15H,3-6,8-11H2,1-2H3/t14-,15+/m1/s1. The summed E-state index contributed by atoms with van der Waals surface area (Å²) in [6.45, 7) is 3.73. The summed E-state index contributed by atoms with van der Waals surface area (Å²) in [4.78, 5) is 12.8. The summed E-state index contributed by atoms with van der Waals surface area (Å²) in [5, 5.41) is 8.21. The van der Waals surface area contributed by atoms with Gasteiger partial charge < -0.3 is 8.98 Å². The lowest BCUT2D eigenvalue weighted by Gasteiger charge is -2.16. The predicted octanol–water partition coefficient (Wildman–Crippen LogP) is 1.80. The van der Waals surface area contributed by atoms with Crippen molar-refractivity contribution < 1.29 is 26.0 Å². The van der Waals surface area contributed by atoms with Crippen LogP contribution in [0.4, 0.5) is 0 Å². The Bertz CT molecular complexity index is 1210. The molecule has 2 aromatic heterocycles. The zero-order valence-electron chi connectivity index (χ0n) is 17.4. The van der Waals surface area contributed by atoms with Gasteiger partial charge in [-0.25, -0.2) is 16.8 Å². The zero-order chi connectivity index (χ0) is 22.4. The van der Waals surface area contributed by atoms with E-state index in [1.165, 1.54) is 0 Å². The molecule has 31 heavy (non-hydrogen) atoms. The number of carbonyl (C=O) groups excluding carboxylic acids is 1. The highest BCUT2D eigenvalue weighted by atomic mass is 32.2. The molecule has 0 saturated carbocycles. The van der Waals surface area contributed by atoms with E-state index >= 15 is 0 Å². The SMILES string of the molecule is Cc1cc(C(=O)CSc2nnc(C[C@H]3CCS(=O)(=O)C3)o2)c(C)n1[C@H]1CCS(=O)(=O)C1. The molecule has 0 radical (unpaired) electrons. The number of Topliss-reactive ketones (excluding diaryl/α,β-unsaturated/α-hetero) is 1. The molecule has 2 aromatic rings. The maximum atomic E-state index is 12.8. The van der Waals surface area contributed by atoms with Gasteiger partial charge in [0.1, 0.15) is 0 Å².